The van der Waals surface area contributed by atoms with E-state index in [1.165, 1.54) is 12.2 Å². The lowest BCUT2D eigenvalue weighted by molar-refractivity contribution is -0.148. The van der Waals surface area contributed by atoms with Crippen molar-refractivity contribution in [2.75, 3.05) is 6.61 Å². The summed E-state index contributed by atoms with van der Waals surface area (Å²) in [7, 11) is 0. The maximum atomic E-state index is 12.0. The number of ether oxygens (including phenoxy) is 1. The molecule has 0 radical (unpaired) electrons. The third kappa shape index (κ3) is 1.87. The van der Waals surface area contributed by atoms with E-state index in [9.17, 15) is 9.59 Å². The van der Waals surface area contributed by atoms with Crippen molar-refractivity contribution in [1.82, 2.24) is 0 Å². The number of esters is 1. The summed E-state index contributed by atoms with van der Waals surface area (Å²) in [6, 6.07) is 6.98. The molecule has 0 heterocycles. The van der Waals surface area contributed by atoms with Crippen LogP contribution in [0.3, 0.4) is 0 Å². The largest absolute Gasteiger partial charge is 0.460 e. The number of benzene rings is 1. The summed E-state index contributed by atoms with van der Waals surface area (Å²) in [6.07, 6.45) is 4.36. The van der Waals surface area contributed by atoms with Crippen LogP contribution in [0.15, 0.2) is 43.0 Å². The van der Waals surface area contributed by atoms with Gasteiger partial charge in [0.25, 0.3) is 0 Å². The number of hydrogen-bond acceptors (Lipinski definition) is 3. The molecule has 0 unspecified atom stereocenters. The molecule has 1 aliphatic carbocycles. The maximum absolute atomic E-state index is 12.0. The van der Waals surface area contributed by atoms with Crippen molar-refractivity contribution in [2.24, 2.45) is 0 Å². The molecule has 2 rings (SSSR count). The Bertz CT molecular complexity index is 548. The van der Waals surface area contributed by atoms with Gasteiger partial charge >= 0.3 is 5.97 Å². The van der Waals surface area contributed by atoms with Crippen molar-refractivity contribution in [3.63, 3.8) is 0 Å². The van der Waals surface area contributed by atoms with Crippen molar-refractivity contribution in [3.05, 3.63) is 54.1 Å². The minimum atomic E-state index is -1.78. The highest BCUT2D eigenvalue weighted by Gasteiger charge is 2.48. The van der Waals surface area contributed by atoms with Crippen molar-refractivity contribution in [3.8, 4) is 0 Å². The summed E-state index contributed by atoms with van der Waals surface area (Å²) in [5.74, 6) is -1.26. The van der Waals surface area contributed by atoms with E-state index in [0.29, 0.717) is 5.56 Å². The second-order valence-electron chi connectivity index (χ2n) is 3.83. The van der Waals surface area contributed by atoms with Crippen molar-refractivity contribution >= 4 is 29.4 Å². The van der Waals surface area contributed by atoms with Gasteiger partial charge in [-0.1, -0.05) is 54.6 Å². The molecule has 92 valence electrons. The smallest absolute Gasteiger partial charge is 0.340 e. The molecule has 0 saturated heterocycles. The molecule has 0 bridgehead atoms. The predicted molar refractivity (Wildman–Crippen MR) is 69.2 cm³/mol. The SMILES string of the molecule is C=CCOC(=O)[C@]1(Cl)C(=O)C=Cc2ccccc21. The Morgan fingerprint density at radius 1 is 1.39 bits per heavy atom. The number of ketones is 1. The normalized spacial score (nSPS) is 21.3. The molecule has 0 aliphatic heterocycles. The molecule has 1 aromatic rings. The van der Waals surface area contributed by atoms with Crippen LogP contribution < -0.4 is 0 Å². The molecule has 0 aromatic heterocycles. The van der Waals surface area contributed by atoms with Gasteiger partial charge in [0.2, 0.25) is 4.87 Å². The number of fused-ring (bicyclic) bond motifs is 1. The topological polar surface area (TPSA) is 43.4 Å². The molecule has 0 spiro atoms. The average molecular weight is 263 g/mol. The molecule has 0 fully saturated rings. The van der Waals surface area contributed by atoms with Crippen LogP contribution in [-0.4, -0.2) is 18.4 Å². The van der Waals surface area contributed by atoms with E-state index in [4.69, 9.17) is 16.3 Å². The maximum Gasteiger partial charge on any atom is 0.340 e. The van der Waals surface area contributed by atoms with E-state index in [2.05, 4.69) is 6.58 Å². The Hall–Kier alpha value is -1.87. The number of alkyl halides is 1. The number of rotatable bonds is 3. The molecular weight excluding hydrogens is 252 g/mol. The molecule has 0 N–H and O–H groups in total. The molecule has 0 saturated carbocycles. The number of allylic oxidation sites excluding steroid dienone is 1. The average Bonchev–Trinajstić information content (AvgIpc) is 2.40. The third-order valence-electron chi connectivity index (χ3n) is 2.70. The third-order valence-corrected chi connectivity index (χ3v) is 3.24. The lowest BCUT2D eigenvalue weighted by Gasteiger charge is -2.26. The van der Waals surface area contributed by atoms with Gasteiger partial charge in [-0.25, -0.2) is 4.79 Å². The van der Waals surface area contributed by atoms with Gasteiger partial charge in [0.05, 0.1) is 0 Å². The summed E-state index contributed by atoms with van der Waals surface area (Å²) in [6.45, 7) is 3.46. The quantitative estimate of drug-likeness (QED) is 0.364. The Labute approximate surface area is 110 Å². The fourth-order valence-electron chi connectivity index (χ4n) is 1.81. The van der Waals surface area contributed by atoms with Crippen molar-refractivity contribution < 1.29 is 14.3 Å². The second-order valence-corrected chi connectivity index (χ2v) is 4.40. The highest BCUT2D eigenvalue weighted by Crippen LogP contribution is 2.38. The Morgan fingerprint density at radius 3 is 2.83 bits per heavy atom. The van der Waals surface area contributed by atoms with Gasteiger partial charge in [-0.2, -0.15) is 0 Å². The Morgan fingerprint density at radius 2 is 2.11 bits per heavy atom. The highest BCUT2D eigenvalue weighted by atomic mass is 35.5. The minimum absolute atomic E-state index is 0.0203. The monoisotopic (exact) mass is 262 g/mol. The fraction of sp³-hybridized carbons (Fsp3) is 0.143. The zero-order valence-electron chi connectivity index (χ0n) is 9.56. The first-order valence-electron chi connectivity index (χ1n) is 5.39. The van der Waals surface area contributed by atoms with Gasteiger partial charge in [0, 0.05) is 0 Å². The summed E-state index contributed by atoms with van der Waals surface area (Å²) >= 11 is 6.23. The zero-order valence-corrected chi connectivity index (χ0v) is 10.3. The van der Waals surface area contributed by atoms with E-state index < -0.39 is 16.6 Å². The zero-order chi connectivity index (χ0) is 13.2. The lowest BCUT2D eigenvalue weighted by Crippen LogP contribution is -2.41. The van der Waals surface area contributed by atoms with E-state index in [1.54, 1.807) is 24.3 Å². The van der Waals surface area contributed by atoms with Gasteiger partial charge < -0.3 is 4.74 Å². The van der Waals surface area contributed by atoms with Crippen LogP contribution >= 0.6 is 11.6 Å². The molecule has 1 atom stereocenters. The van der Waals surface area contributed by atoms with Gasteiger partial charge in [0.1, 0.15) is 6.61 Å². The van der Waals surface area contributed by atoms with E-state index in [1.807, 2.05) is 6.07 Å². The van der Waals surface area contributed by atoms with E-state index >= 15 is 0 Å². The number of halogens is 1. The van der Waals surface area contributed by atoms with Gasteiger partial charge in [-0.15, -0.1) is 0 Å². The van der Waals surface area contributed by atoms with Gasteiger partial charge in [-0.3, -0.25) is 4.79 Å². The Balaban J connectivity index is 2.47. The second kappa shape index (κ2) is 4.78. The summed E-state index contributed by atoms with van der Waals surface area (Å²) in [5.41, 5.74) is 1.19. The fourth-order valence-corrected chi connectivity index (χ4v) is 2.10. The molecule has 4 heteroatoms. The molecule has 0 amide bonds. The molecule has 1 aliphatic rings. The van der Waals surface area contributed by atoms with Crippen LogP contribution in [-0.2, 0) is 19.2 Å². The van der Waals surface area contributed by atoms with Crippen molar-refractivity contribution in [2.45, 2.75) is 4.87 Å². The number of carbonyl (C=O) groups excluding carboxylic acids is 2. The van der Waals surface area contributed by atoms with Crippen molar-refractivity contribution in [1.29, 1.82) is 0 Å². The van der Waals surface area contributed by atoms with Crippen LogP contribution in [0.5, 0.6) is 0 Å². The van der Waals surface area contributed by atoms with Crippen LogP contribution in [0.1, 0.15) is 11.1 Å². The molecular formula is C14H11ClO3. The summed E-state index contributed by atoms with van der Waals surface area (Å²) in [5, 5.41) is 0. The minimum Gasteiger partial charge on any atom is -0.460 e. The first kappa shape index (κ1) is 12.6. The highest BCUT2D eigenvalue weighted by molar-refractivity contribution is 6.48. The van der Waals surface area contributed by atoms with E-state index in [0.717, 1.165) is 5.56 Å². The number of carbonyl (C=O) groups is 2. The number of hydrogen-bond donors (Lipinski definition) is 0. The standard InChI is InChI=1S/C14H11ClO3/c1-2-9-18-13(17)14(15)11-6-4-3-5-10(11)7-8-12(14)16/h2-8H,1,9H2/t14-/m1/s1. The van der Waals surface area contributed by atoms with Crippen LogP contribution in [0, 0.1) is 0 Å². The Kier molecular flexibility index (Phi) is 3.34. The summed E-state index contributed by atoms with van der Waals surface area (Å²) < 4.78 is 4.92. The van der Waals surface area contributed by atoms with Crippen LogP contribution in [0.2, 0.25) is 0 Å². The molecule has 18 heavy (non-hydrogen) atoms. The van der Waals surface area contributed by atoms with Crippen LogP contribution in [0.25, 0.3) is 6.08 Å². The van der Waals surface area contributed by atoms with E-state index in [-0.39, 0.29) is 6.61 Å². The molecule has 3 nitrogen and oxygen atoms in total. The first-order chi connectivity index (χ1) is 8.60. The first-order valence-corrected chi connectivity index (χ1v) is 5.77. The summed E-state index contributed by atoms with van der Waals surface area (Å²) in [4.78, 5) is 22.1. The lowest BCUT2D eigenvalue weighted by atomic mass is 9.85. The van der Waals surface area contributed by atoms with Crippen LogP contribution in [0.4, 0.5) is 0 Å². The van der Waals surface area contributed by atoms with Gasteiger partial charge in [0.15, 0.2) is 5.78 Å². The predicted octanol–water partition coefficient (Wildman–Crippen LogP) is 2.45. The molecule has 1 aromatic carbocycles. The van der Waals surface area contributed by atoms with Gasteiger partial charge in [-0.05, 0) is 17.2 Å².